The Morgan fingerprint density at radius 3 is 1.81 bits per heavy atom. The van der Waals surface area contributed by atoms with Crippen LogP contribution in [0.15, 0.2) is 54.6 Å². The number of phosphoric ester groups is 1. The van der Waals surface area contributed by atoms with Crippen LogP contribution in [-0.2, 0) is 53.5 Å². The van der Waals surface area contributed by atoms with Gasteiger partial charge in [-0.2, -0.15) is 4.52 Å². The van der Waals surface area contributed by atoms with Gasteiger partial charge in [-0.05, 0) is 24.8 Å². The van der Waals surface area contributed by atoms with E-state index in [2.05, 4.69) is 19.2 Å². The van der Waals surface area contributed by atoms with Crippen LogP contribution < -0.4 is 20.6 Å². The molecule has 14 nitrogen and oxygen atoms in total. The number of fused-ring (bicyclic) bond motifs is 1. The number of rotatable bonds is 34. The van der Waals surface area contributed by atoms with Gasteiger partial charge in [-0.1, -0.05) is 219 Å². The second-order valence-electron chi connectivity index (χ2n) is 18.2. The second kappa shape index (κ2) is 33.7. The molecule has 70 heavy (non-hydrogen) atoms. The number of phosphoric acid groups is 1. The summed E-state index contributed by atoms with van der Waals surface area (Å²) in [5.74, 6) is -1.28. The van der Waals surface area contributed by atoms with Gasteiger partial charge in [-0.25, -0.2) is 4.79 Å². The molecule has 2 aliphatic rings. The Morgan fingerprint density at radius 2 is 1.26 bits per heavy atom. The van der Waals surface area contributed by atoms with E-state index in [0.29, 0.717) is 29.7 Å². The van der Waals surface area contributed by atoms with Gasteiger partial charge in [0.15, 0.2) is 31.0 Å². The first-order chi connectivity index (χ1) is 33.8. The number of esters is 2. The number of unbranched alkanes of at least 4 members (excludes halogenated alkanes) is 18. The van der Waals surface area contributed by atoms with Crippen molar-refractivity contribution in [2.24, 2.45) is 0 Å². The summed E-state index contributed by atoms with van der Waals surface area (Å²) in [6.45, 7) is 3.55. The van der Waals surface area contributed by atoms with Gasteiger partial charge < -0.3 is 39.0 Å². The van der Waals surface area contributed by atoms with E-state index in [1.807, 2.05) is 30.3 Å². The second-order valence-corrected chi connectivity index (χ2v) is 22.2. The molecule has 2 aromatic rings. The van der Waals surface area contributed by atoms with Crippen LogP contribution >= 0.6 is 43.0 Å². The van der Waals surface area contributed by atoms with Crippen LogP contribution in [0.3, 0.4) is 0 Å². The first-order valence-electron chi connectivity index (χ1n) is 25.5. The molecule has 2 aromatic carbocycles. The molecule has 4 rings (SSSR count). The minimum atomic E-state index is -4.62. The van der Waals surface area contributed by atoms with Crippen molar-refractivity contribution >= 4 is 73.5 Å². The highest BCUT2D eigenvalue weighted by Crippen LogP contribution is 2.57. The highest BCUT2D eigenvalue weighted by Gasteiger charge is 2.55. The van der Waals surface area contributed by atoms with E-state index in [1.54, 1.807) is 24.3 Å². The lowest BCUT2D eigenvalue weighted by Crippen LogP contribution is -2.66. The summed E-state index contributed by atoms with van der Waals surface area (Å²) in [5.41, 5.74) is 0.816. The maximum atomic E-state index is 14.4. The largest absolute Gasteiger partial charge is 0.591 e. The lowest BCUT2D eigenvalue weighted by atomic mass is 9.96. The number of amides is 1. The van der Waals surface area contributed by atoms with Crippen molar-refractivity contribution in [1.29, 1.82) is 0 Å². The number of hydrogen-bond donors (Lipinski definition) is 2. The summed E-state index contributed by atoms with van der Waals surface area (Å²) in [5, 5.41) is 15.0. The Labute approximate surface area is 431 Å². The number of carbonyl (C=O) groups is 3. The Hall–Kier alpha value is -2.91. The van der Waals surface area contributed by atoms with Crippen LogP contribution in [0.5, 0.6) is 0 Å². The molecule has 0 radical (unpaired) electrons. The molecule has 0 bridgehead atoms. The van der Waals surface area contributed by atoms with Gasteiger partial charge in [-0.15, -0.1) is 0 Å². The normalized spacial score (nSPS) is 20.0. The van der Waals surface area contributed by atoms with Crippen molar-refractivity contribution in [2.75, 3.05) is 13.2 Å². The van der Waals surface area contributed by atoms with Gasteiger partial charge in [-0.3, -0.25) is 18.6 Å². The summed E-state index contributed by atoms with van der Waals surface area (Å²) in [7, 11) is -4.62. The Bertz CT molecular complexity index is 1870. The molecular formula is C52H77Cl3NO13P. The van der Waals surface area contributed by atoms with E-state index in [4.69, 9.17) is 72.1 Å². The molecule has 2 N–H and O–H groups in total. The molecule has 1 saturated heterocycles. The third-order valence-electron chi connectivity index (χ3n) is 12.1. The third-order valence-corrected chi connectivity index (χ3v) is 13.7. The zero-order valence-electron chi connectivity index (χ0n) is 41.1. The minimum absolute atomic E-state index is 0.103. The molecule has 1 fully saturated rings. The van der Waals surface area contributed by atoms with E-state index >= 15 is 0 Å². The smallest absolute Gasteiger partial charge is 0.471 e. The number of alkyl carbamates (subject to hydrolysis) is 1. The van der Waals surface area contributed by atoms with E-state index in [-0.39, 0.29) is 26.1 Å². The molecule has 0 spiro atoms. The highest BCUT2D eigenvalue weighted by molar-refractivity contribution is 7.54. The van der Waals surface area contributed by atoms with Crippen LogP contribution in [0.2, 0.25) is 0 Å². The van der Waals surface area contributed by atoms with Crippen LogP contribution in [-0.4, -0.2) is 76.9 Å². The van der Waals surface area contributed by atoms with Crippen LogP contribution in [0, 0.1) is 0 Å². The number of carbonyl (C=O) groups excluding carboxylic acids is 3. The molecule has 0 saturated carbocycles. The summed E-state index contributed by atoms with van der Waals surface area (Å²) in [4.78, 5) is 55.2. The number of nitrogens with one attached hydrogen (secondary N) is 1. The topological polar surface area (TPSA) is 180 Å². The standard InChI is InChI=1S/C52H77Cl3NO13P/c1-3-5-7-9-11-13-14-16-18-20-25-33-45(57)66-43(32-24-19-17-15-12-10-8-6-4-2)34-46(58)68-49-47(56-51(60)63-39-52(53,54)55)50(59)67-44(38-62-35-40-28-22-21-23-29-40)48(49)69-70(61)64-36-41-30-26-27-31-42(41)37-65-70/h21-23,26-31,36-37,43-44,47-50,59H,3-20,24-25,32-35,38-39H2,1-2H3,(H,56,60)/t43-,44-,47-,48-,49-,50?/m1/s1. The van der Waals surface area contributed by atoms with Crippen molar-refractivity contribution < 1.29 is 61.6 Å². The maximum absolute atomic E-state index is 14.4. The number of ether oxygens (including phenoxy) is 5. The molecule has 0 aliphatic carbocycles. The van der Waals surface area contributed by atoms with Gasteiger partial charge in [0.05, 0.1) is 19.6 Å². The third kappa shape index (κ3) is 24.2. The fourth-order valence-corrected chi connectivity index (χ4v) is 9.66. The lowest BCUT2D eigenvalue weighted by molar-refractivity contribution is -0.284. The Morgan fingerprint density at radius 1 is 0.729 bits per heavy atom. The summed E-state index contributed by atoms with van der Waals surface area (Å²) < 4.78 is 44.7. The molecule has 6 atom stereocenters. The van der Waals surface area contributed by atoms with E-state index < -0.39 is 73.3 Å². The lowest BCUT2D eigenvalue weighted by Gasteiger charge is -2.44. The Balaban J connectivity index is 1.53. The number of aliphatic hydroxyl groups is 1. The molecule has 2 aliphatic heterocycles. The number of aliphatic hydroxyl groups excluding tert-OH is 1. The van der Waals surface area contributed by atoms with Gasteiger partial charge in [0.25, 0.3) is 0 Å². The van der Waals surface area contributed by atoms with Crippen molar-refractivity contribution in [3.63, 3.8) is 0 Å². The van der Waals surface area contributed by atoms with E-state index in [0.717, 1.165) is 50.5 Å². The number of benzene rings is 2. The average Bonchev–Trinajstić information content (AvgIpc) is 3.50. The van der Waals surface area contributed by atoms with Crippen LogP contribution in [0.1, 0.15) is 167 Å². The number of halogens is 3. The summed E-state index contributed by atoms with van der Waals surface area (Å²) >= 11 is 17.5. The van der Waals surface area contributed by atoms with Gasteiger partial charge in [0, 0.05) is 16.9 Å². The van der Waals surface area contributed by atoms with Crippen molar-refractivity contribution in [1.82, 2.24) is 5.32 Å². The van der Waals surface area contributed by atoms with Gasteiger partial charge >= 0.3 is 26.2 Å². The van der Waals surface area contributed by atoms with E-state index in [1.165, 1.54) is 83.2 Å². The molecule has 1 amide bonds. The highest BCUT2D eigenvalue weighted by atomic mass is 35.6. The number of alkyl halides is 3. The predicted molar refractivity (Wildman–Crippen MR) is 271 cm³/mol. The minimum Gasteiger partial charge on any atom is -0.591 e. The van der Waals surface area contributed by atoms with E-state index in [9.17, 15) is 24.4 Å². The SMILES string of the molecule is CCCCCCCCCCCCCC(=O)O[C@H](CCCCCCCCCCC)CC(=O)O[C@H]1[C@H](O[P+]2([O-])OC=c3ccccc3=CO2)[C@@H](COCc2ccccc2)OC(O)[C@@H]1NC(=O)OCC(Cl)(Cl)Cl. The van der Waals surface area contributed by atoms with Crippen molar-refractivity contribution in [2.45, 2.75) is 209 Å². The Kier molecular flexibility index (Phi) is 28.8. The molecule has 2 heterocycles. The van der Waals surface area contributed by atoms with Crippen LogP contribution in [0.4, 0.5) is 4.79 Å². The summed E-state index contributed by atoms with van der Waals surface area (Å²) in [6.07, 6.45) is 16.4. The van der Waals surface area contributed by atoms with Gasteiger partial charge in [0.2, 0.25) is 3.79 Å². The predicted octanol–water partition coefficient (Wildman–Crippen LogP) is 10.9. The van der Waals surface area contributed by atoms with Crippen molar-refractivity contribution in [3.05, 3.63) is 70.6 Å². The zero-order chi connectivity index (χ0) is 50.5. The first kappa shape index (κ1) is 59.7. The van der Waals surface area contributed by atoms with Crippen LogP contribution in [0.25, 0.3) is 12.5 Å². The zero-order valence-corrected chi connectivity index (χ0v) is 44.3. The fraction of sp³-hybridized carbons (Fsp3) is 0.673. The first-order valence-corrected chi connectivity index (χ1v) is 28.1. The molecule has 18 heteroatoms. The summed E-state index contributed by atoms with van der Waals surface area (Å²) in [6, 6.07) is 14.6. The quantitative estimate of drug-likeness (QED) is 0.0222. The number of hydrogen-bond acceptors (Lipinski definition) is 13. The fourth-order valence-electron chi connectivity index (χ4n) is 8.31. The monoisotopic (exact) mass is 1060 g/mol. The molecule has 394 valence electrons. The van der Waals surface area contributed by atoms with Gasteiger partial charge in [0.1, 0.15) is 24.9 Å². The van der Waals surface area contributed by atoms with Crippen molar-refractivity contribution in [3.8, 4) is 0 Å². The molecular weight excluding hydrogens is 984 g/mol. The molecule has 1 unspecified atom stereocenters. The maximum Gasteiger partial charge on any atom is 0.471 e. The average molecular weight is 1060 g/mol. The molecule has 0 aromatic heterocycles.